The van der Waals surface area contributed by atoms with Crippen LogP contribution in [0.5, 0.6) is 5.75 Å². The number of halogens is 1. The number of aromatic nitrogens is 1. The molecule has 0 fully saturated rings. The summed E-state index contributed by atoms with van der Waals surface area (Å²) in [5.74, 6) is 0.152. The number of rotatable bonds is 3. The molecule has 0 saturated carbocycles. The number of nitrogens with zero attached hydrogens (tertiary/aromatic N) is 3. The summed E-state index contributed by atoms with van der Waals surface area (Å²) in [5.41, 5.74) is -0.00595. The Hall–Kier alpha value is -2.51. The number of aromatic hydroxyl groups is 1. The average molecular weight is 348 g/mol. The van der Waals surface area contributed by atoms with Gasteiger partial charge in [0.25, 0.3) is 9.05 Å². The van der Waals surface area contributed by atoms with Crippen LogP contribution in [0.25, 0.3) is 10.8 Å². The van der Waals surface area contributed by atoms with Gasteiger partial charge in [0, 0.05) is 27.7 Å². The Kier molecular flexibility index (Phi) is 3.97. The van der Waals surface area contributed by atoms with E-state index in [4.69, 9.17) is 10.7 Å². The normalized spacial score (nSPS) is 12.0. The molecule has 6 nitrogen and oxygen atoms in total. The van der Waals surface area contributed by atoms with Gasteiger partial charge in [0.2, 0.25) is 0 Å². The van der Waals surface area contributed by atoms with Crippen LogP contribution in [0.15, 0.2) is 69.9 Å². The predicted octanol–water partition coefficient (Wildman–Crippen LogP) is 4.28. The van der Waals surface area contributed by atoms with Crippen molar-refractivity contribution in [2.75, 3.05) is 0 Å². The number of hydrogen-bond donors (Lipinski definition) is 1. The van der Waals surface area contributed by atoms with Crippen LogP contribution in [0, 0.1) is 0 Å². The summed E-state index contributed by atoms with van der Waals surface area (Å²) in [6.45, 7) is 0. The Balaban J connectivity index is 2.22. The highest BCUT2D eigenvalue weighted by atomic mass is 35.7. The molecule has 0 bridgehead atoms. The van der Waals surface area contributed by atoms with E-state index < -0.39 is 9.05 Å². The van der Waals surface area contributed by atoms with Crippen LogP contribution >= 0.6 is 10.7 Å². The van der Waals surface area contributed by atoms with E-state index in [1.54, 1.807) is 48.7 Å². The number of phenols is 1. The first-order valence-corrected chi connectivity index (χ1v) is 8.80. The van der Waals surface area contributed by atoms with Crippen LogP contribution in [0.2, 0.25) is 0 Å². The minimum Gasteiger partial charge on any atom is -0.505 e. The smallest absolute Gasteiger partial charge is 0.262 e. The lowest BCUT2D eigenvalue weighted by molar-refractivity contribution is 0.482. The number of hydrogen-bond acceptors (Lipinski definition) is 6. The second-order valence-corrected chi connectivity index (χ2v) is 7.15. The van der Waals surface area contributed by atoms with Gasteiger partial charge in [-0.05, 0) is 18.2 Å². The Bertz CT molecular complexity index is 1010. The Morgan fingerprint density at radius 1 is 1.00 bits per heavy atom. The van der Waals surface area contributed by atoms with E-state index in [0.29, 0.717) is 16.6 Å². The lowest BCUT2D eigenvalue weighted by Crippen LogP contribution is -1.92. The predicted molar refractivity (Wildman–Crippen MR) is 87.1 cm³/mol. The fourth-order valence-electron chi connectivity index (χ4n) is 2.11. The van der Waals surface area contributed by atoms with Crippen LogP contribution < -0.4 is 0 Å². The lowest BCUT2D eigenvalue weighted by Gasteiger charge is -2.07. The maximum Gasteiger partial charge on any atom is 0.262 e. The molecule has 1 aromatic heterocycles. The highest BCUT2D eigenvalue weighted by molar-refractivity contribution is 8.14. The van der Waals surface area contributed by atoms with Gasteiger partial charge in [-0.2, -0.15) is 0 Å². The molecule has 0 aliphatic rings. The molecule has 1 N–H and O–H groups in total. The molecule has 0 spiro atoms. The average Bonchev–Trinajstić information content (AvgIpc) is 2.54. The van der Waals surface area contributed by atoms with Crippen molar-refractivity contribution in [3.05, 3.63) is 54.7 Å². The number of fused-ring (bicyclic) bond motifs is 1. The van der Waals surface area contributed by atoms with Gasteiger partial charge in [-0.15, -0.1) is 10.2 Å². The second kappa shape index (κ2) is 5.94. The standard InChI is InChI=1S/C15H10ClN3O3S/c16-23(21,22)13-9-12(18-19-14-7-3-4-8-17-14)15(20)11-6-2-1-5-10(11)13/h1-9,20H/b19-18+. The highest BCUT2D eigenvalue weighted by Gasteiger charge is 2.19. The van der Waals surface area contributed by atoms with Gasteiger partial charge >= 0.3 is 0 Å². The zero-order valence-electron chi connectivity index (χ0n) is 11.6. The highest BCUT2D eigenvalue weighted by Crippen LogP contribution is 2.40. The molecular weight excluding hydrogens is 338 g/mol. The van der Waals surface area contributed by atoms with Gasteiger partial charge in [0.15, 0.2) is 11.6 Å². The van der Waals surface area contributed by atoms with Crippen LogP contribution in [0.1, 0.15) is 0 Å². The number of benzene rings is 2. The third-order valence-corrected chi connectivity index (χ3v) is 4.49. The summed E-state index contributed by atoms with van der Waals surface area (Å²) in [7, 11) is 1.48. The van der Waals surface area contributed by atoms with Gasteiger partial charge in [0.05, 0.1) is 4.90 Å². The van der Waals surface area contributed by atoms with Crippen molar-refractivity contribution in [2.45, 2.75) is 4.90 Å². The van der Waals surface area contributed by atoms with Crippen molar-refractivity contribution in [3.63, 3.8) is 0 Å². The van der Waals surface area contributed by atoms with Crippen molar-refractivity contribution in [3.8, 4) is 5.75 Å². The summed E-state index contributed by atoms with van der Waals surface area (Å²) < 4.78 is 23.6. The van der Waals surface area contributed by atoms with Gasteiger partial charge in [-0.25, -0.2) is 13.4 Å². The molecule has 0 radical (unpaired) electrons. The summed E-state index contributed by atoms with van der Waals surface area (Å²) in [5, 5.41) is 18.7. The SMILES string of the molecule is O=S(=O)(Cl)c1cc(/N=N/c2ccccn2)c(O)c2ccccc12. The van der Waals surface area contributed by atoms with Crippen molar-refractivity contribution in [1.29, 1.82) is 0 Å². The zero-order chi connectivity index (χ0) is 16.4. The Morgan fingerprint density at radius 2 is 1.70 bits per heavy atom. The molecule has 0 aliphatic carbocycles. The molecule has 2 aromatic carbocycles. The molecule has 0 atom stereocenters. The minimum atomic E-state index is -4.01. The maximum atomic E-state index is 11.8. The molecule has 0 saturated heterocycles. The molecule has 3 aromatic rings. The summed E-state index contributed by atoms with van der Waals surface area (Å²) >= 11 is 0. The van der Waals surface area contributed by atoms with E-state index in [1.165, 1.54) is 6.07 Å². The first-order valence-electron chi connectivity index (χ1n) is 6.49. The minimum absolute atomic E-state index is 0.00595. The lowest BCUT2D eigenvalue weighted by atomic mass is 10.1. The Morgan fingerprint density at radius 3 is 2.35 bits per heavy atom. The molecule has 0 unspecified atom stereocenters. The van der Waals surface area contributed by atoms with E-state index in [9.17, 15) is 13.5 Å². The van der Waals surface area contributed by atoms with Gasteiger partial charge in [-0.1, -0.05) is 30.3 Å². The molecule has 0 aliphatic heterocycles. The van der Waals surface area contributed by atoms with Crippen molar-refractivity contribution in [2.24, 2.45) is 10.2 Å². The van der Waals surface area contributed by atoms with Gasteiger partial charge in [-0.3, -0.25) is 0 Å². The zero-order valence-corrected chi connectivity index (χ0v) is 13.2. The van der Waals surface area contributed by atoms with E-state index in [1.807, 2.05) is 0 Å². The molecule has 3 rings (SSSR count). The molecule has 23 heavy (non-hydrogen) atoms. The van der Waals surface area contributed by atoms with Gasteiger partial charge < -0.3 is 5.11 Å². The topological polar surface area (TPSA) is 92.0 Å². The summed E-state index contributed by atoms with van der Waals surface area (Å²) in [6, 6.07) is 12.7. The molecule has 116 valence electrons. The third-order valence-electron chi connectivity index (χ3n) is 3.13. The van der Waals surface area contributed by atoms with Crippen molar-refractivity contribution in [1.82, 2.24) is 4.98 Å². The van der Waals surface area contributed by atoms with Crippen LogP contribution in [0.3, 0.4) is 0 Å². The number of azo groups is 1. The summed E-state index contributed by atoms with van der Waals surface area (Å²) in [6.07, 6.45) is 1.54. The van der Waals surface area contributed by atoms with Crippen LogP contribution in [-0.2, 0) is 9.05 Å². The quantitative estimate of drug-likeness (QED) is 0.565. The van der Waals surface area contributed by atoms with E-state index >= 15 is 0 Å². The van der Waals surface area contributed by atoms with Gasteiger partial charge in [0.1, 0.15) is 5.69 Å². The molecule has 0 amide bonds. The first-order chi connectivity index (χ1) is 11.0. The van der Waals surface area contributed by atoms with E-state index in [0.717, 1.165) is 0 Å². The van der Waals surface area contributed by atoms with Crippen LogP contribution in [-0.4, -0.2) is 18.5 Å². The van der Waals surface area contributed by atoms with Crippen molar-refractivity contribution >= 4 is 42.0 Å². The third kappa shape index (κ3) is 3.15. The second-order valence-electron chi connectivity index (χ2n) is 4.61. The van der Waals surface area contributed by atoms with Crippen molar-refractivity contribution < 1.29 is 13.5 Å². The monoisotopic (exact) mass is 347 g/mol. The number of pyridine rings is 1. The Labute approximate surface area is 136 Å². The summed E-state index contributed by atoms with van der Waals surface area (Å²) in [4.78, 5) is 3.83. The largest absolute Gasteiger partial charge is 0.505 e. The van der Waals surface area contributed by atoms with E-state index in [-0.39, 0.29) is 16.3 Å². The maximum absolute atomic E-state index is 11.8. The fraction of sp³-hybridized carbons (Fsp3) is 0. The van der Waals surface area contributed by atoms with E-state index in [2.05, 4.69) is 15.2 Å². The molecule has 1 heterocycles. The number of phenolic OH excluding ortho intramolecular Hbond substituents is 1. The first kappa shape index (κ1) is 15.4. The molecular formula is C15H10ClN3O3S. The van der Waals surface area contributed by atoms with Crippen LogP contribution in [0.4, 0.5) is 11.5 Å². The fourth-order valence-corrected chi connectivity index (χ4v) is 3.18. The molecule has 8 heteroatoms.